The van der Waals surface area contributed by atoms with Gasteiger partial charge in [-0.2, -0.15) is 0 Å². The Bertz CT molecular complexity index is 364. The smallest absolute Gasteiger partial charge is 0.183 e. The molecule has 3 nitrogen and oxygen atoms in total. The van der Waals surface area contributed by atoms with E-state index in [1.54, 1.807) is 0 Å². The first-order chi connectivity index (χ1) is 8.02. The number of hydrogen-bond donors (Lipinski definition) is 1. The number of rotatable bonds is 3. The summed E-state index contributed by atoms with van der Waals surface area (Å²) in [4.78, 5) is 2.42. The highest BCUT2D eigenvalue weighted by atomic mass is 79.9. The predicted octanol–water partition coefficient (Wildman–Crippen LogP) is 3.39. The fourth-order valence-corrected chi connectivity index (χ4v) is 3.01. The summed E-state index contributed by atoms with van der Waals surface area (Å²) in [7, 11) is 0. The van der Waals surface area contributed by atoms with Crippen molar-refractivity contribution in [1.82, 2.24) is 4.90 Å². The third-order valence-corrected chi connectivity index (χ3v) is 5.38. The van der Waals surface area contributed by atoms with Gasteiger partial charge in [-0.1, -0.05) is 13.8 Å². The van der Waals surface area contributed by atoms with E-state index in [4.69, 9.17) is 10.2 Å². The van der Waals surface area contributed by atoms with E-state index >= 15 is 0 Å². The standard InChI is InChI=1S/C12H18Br2N2O/c1-7-5-16(6-8(7)2)10(4-15)11-3-9(13)12(14)17-11/h3,7-8,10H,4-6,15H2,1-2H3. The van der Waals surface area contributed by atoms with Crippen molar-refractivity contribution in [3.63, 3.8) is 0 Å². The molecule has 2 heterocycles. The van der Waals surface area contributed by atoms with Crippen LogP contribution >= 0.6 is 31.9 Å². The van der Waals surface area contributed by atoms with Crippen LogP contribution in [0.2, 0.25) is 0 Å². The van der Waals surface area contributed by atoms with Gasteiger partial charge in [0, 0.05) is 19.6 Å². The zero-order valence-corrected chi connectivity index (χ0v) is 13.3. The van der Waals surface area contributed by atoms with Gasteiger partial charge in [0.2, 0.25) is 0 Å². The van der Waals surface area contributed by atoms with Crippen LogP contribution in [0, 0.1) is 11.8 Å². The molecule has 1 fully saturated rings. The van der Waals surface area contributed by atoms with Crippen molar-refractivity contribution in [2.45, 2.75) is 19.9 Å². The quantitative estimate of drug-likeness (QED) is 0.892. The first-order valence-electron chi connectivity index (χ1n) is 5.91. The Morgan fingerprint density at radius 2 is 2.00 bits per heavy atom. The van der Waals surface area contributed by atoms with E-state index in [2.05, 4.69) is 50.6 Å². The van der Waals surface area contributed by atoms with Gasteiger partial charge in [0.1, 0.15) is 5.76 Å². The molecule has 17 heavy (non-hydrogen) atoms. The fourth-order valence-electron chi connectivity index (χ4n) is 2.40. The molecule has 0 aliphatic carbocycles. The van der Waals surface area contributed by atoms with Crippen molar-refractivity contribution in [2.75, 3.05) is 19.6 Å². The fraction of sp³-hybridized carbons (Fsp3) is 0.667. The van der Waals surface area contributed by atoms with Crippen LogP contribution in [0.15, 0.2) is 19.6 Å². The predicted molar refractivity (Wildman–Crippen MR) is 75.8 cm³/mol. The topological polar surface area (TPSA) is 42.4 Å². The van der Waals surface area contributed by atoms with Gasteiger partial charge in [0.15, 0.2) is 4.67 Å². The lowest BCUT2D eigenvalue weighted by Gasteiger charge is -2.24. The van der Waals surface area contributed by atoms with E-state index in [9.17, 15) is 0 Å². The van der Waals surface area contributed by atoms with Gasteiger partial charge >= 0.3 is 0 Å². The van der Waals surface area contributed by atoms with Crippen LogP contribution in [-0.2, 0) is 0 Å². The Labute approximate surface area is 119 Å². The summed E-state index contributed by atoms with van der Waals surface area (Å²) in [5, 5.41) is 0. The summed E-state index contributed by atoms with van der Waals surface area (Å²) < 4.78 is 7.39. The maximum atomic E-state index is 5.90. The number of halogens is 2. The van der Waals surface area contributed by atoms with Gasteiger partial charge in [-0.05, 0) is 49.8 Å². The summed E-state index contributed by atoms with van der Waals surface area (Å²) in [6, 6.07) is 2.19. The lowest BCUT2D eigenvalue weighted by atomic mass is 10.0. The molecule has 3 unspecified atom stereocenters. The van der Waals surface area contributed by atoms with Crippen LogP contribution in [-0.4, -0.2) is 24.5 Å². The van der Waals surface area contributed by atoms with E-state index in [0.29, 0.717) is 6.54 Å². The lowest BCUT2D eigenvalue weighted by Crippen LogP contribution is -2.32. The molecule has 96 valence electrons. The van der Waals surface area contributed by atoms with E-state index in [1.165, 1.54) is 0 Å². The Balaban J connectivity index is 2.17. The van der Waals surface area contributed by atoms with Crippen molar-refractivity contribution in [2.24, 2.45) is 17.6 Å². The summed E-state index contributed by atoms with van der Waals surface area (Å²) in [5.41, 5.74) is 5.90. The second kappa shape index (κ2) is 5.43. The third kappa shape index (κ3) is 2.78. The van der Waals surface area contributed by atoms with E-state index in [1.807, 2.05) is 6.07 Å². The number of nitrogens with two attached hydrogens (primary N) is 1. The maximum absolute atomic E-state index is 5.90. The summed E-state index contributed by atoms with van der Waals surface area (Å²) >= 11 is 6.82. The molecule has 5 heteroatoms. The number of furan rings is 1. The average molecular weight is 366 g/mol. The lowest BCUT2D eigenvalue weighted by molar-refractivity contribution is 0.210. The van der Waals surface area contributed by atoms with Crippen molar-refractivity contribution in [1.29, 1.82) is 0 Å². The monoisotopic (exact) mass is 364 g/mol. The normalized spacial score (nSPS) is 27.6. The Kier molecular flexibility index (Phi) is 4.34. The van der Waals surface area contributed by atoms with Crippen LogP contribution in [0.5, 0.6) is 0 Å². The molecular formula is C12H18Br2N2O. The third-order valence-electron chi connectivity index (χ3n) is 3.67. The summed E-state index contributed by atoms with van der Waals surface area (Å²) in [6.07, 6.45) is 0. The number of nitrogens with zero attached hydrogens (tertiary/aromatic N) is 1. The summed E-state index contributed by atoms with van der Waals surface area (Å²) in [5.74, 6) is 2.39. The van der Waals surface area contributed by atoms with Crippen LogP contribution in [0.1, 0.15) is 25.6 Å². The minimum Gasteiger partial charge on any atom is -0.451 e. The highest BCUT2D eigenvalue weighted by Crippen LogP contribution is 2.35. The van der Waals surface area contributed by atoms with Crippen LogP contribution in [0.25, 0.3) is 0 Å². The Hall–Kier alpha value is 0.160. The summed E-state index contributed by atoms with van der Waals surface area (Å²) in [6.45, 7) is 7.38. The van der Waals surface area contributed by atoms with Gasteiger partial charge in [-0.25, -0.2) is 0 Å². The average Bonchev–Trinajstić information content (AvgIpc) is 2.75. The molecular weight excluding hydrogens is 348 g/mol. The largest absolute Gasteiger partial charge is 0.451 e. The minimum atomic E-state index is 0.185. The molecule has 0 saturated carbocycles. The van der Waals surface area contributed by atoms with Crippen molar-refractivity contribution in [3.8, 4) is 0 Å². The van der Waals surface area contributed by atoms with E-state index in [0.717, 1.165) is 39.8 Å². The van der Waals surface area contributed by atoms with Crippen molar-refractivity contribution < 1.29 is 4.42 Å². The van der Waals surface area contributed by atoms with Crippen molar-refractivity contribution in [3.05, 3.63) is 21.0 Å². The maximum Gasteiger partial charge on any atom is 0.183 e. The molecule has 2 N–H and O–H groups in total. The van der Waals surface area contributed by atoms with E-state index in [-0.39, 0.29) is 6.04 Å². The number of hydrogen-bond acceptors (Lipinski definition) is 3. The highest BCUT2D eigenvalue weighted by Gasteiger charge is 2.32. The molecule has 0 spiro atoms. The minimum absolute atomic E-state index is 0.185. The SMILES string of the molecule is CC1CN(C(CN)c2cc(Br)c(Br)o2)CC1C. The van der Waals surface area contributed by atoms with E-state index < -0.39 is 0 Å². The van der Waals surface area contributed by atoms with Crippen LogP contribution in [0.3, 0.4) is 0 Å². The first-order valence-corrected chi connectivity index (χ1v) is 7.50. The van der Waals surface area contributed by atoms with Crippen molar-refractivity contribution >= 4 is 31.9 Å². The molecule has 0 amide bonds. The van der Waals surface area contributed by atoms with Crippen LogP contribution < -0.4 is 5.73 Å². The molecule has 2 rings (SSSR count). The molecule has 0 bridgehead atoms. The molecule has 1 aliphatic rings. The Morgan fingerprint density at radius 1 is 1.41 bits per heavy atom. The molecule has 0 aromatic carbocycles. The van der Waals surface area contributed by atoms with Crippen LogP contribution in [0.4, 0.5) is 0 Å². The zero-order valence-electron chi connectivity index (χ0n) is 10.1. The molecule has 1 aromatic heterocycles. The van der Waals surface area contributed by atoms with Gasteiger partial charge in [-0.15, -0.1) is 0 Å². The van der Waals surface area contributed by atoms with Gasteiger partial charge in [0.05, 0.1) is 10.5 Å². The highest BCUT2D eigenvalue weighted by molar-refractivity contribution is 9.13. The molecule has 3 atom stereocenters. The second-order valence-electron chi connectivity index (χ2n) is 4.93. The van der Waals surface area contributed by atoms with Gasteiger partial charge < -0.3 is 10.2 Å². The first kappa shape index (κ1) is 13.6. The van der Waals surface area contributed by atoms with Gasteiger partial charge in [-0.3, -0.25) is 4.90 Å². The zero-order chi connectivity index (χ0) is 12.6. The molecule has 1 aliphatic heterocycles. The molecule has 1 saturated heterocycles. The number of likely N-dealkylation sites (tertiary alicyclic amines) is 1. The Morgan fingerprint density at radius 3 is 2.41 bits per heavy atom. The second-order valence-corrected chi connectivity index (χ2v) is 6.50. The molecule has 1 aromatic rings. The molecule has 0 radical (unpaired) electrons. The van der Waals surface area contributed by atoms with Gasteiger partial charge in [0.25, 0.3) is 0 Å².